The topological polar surface area (TPSA) is 29.1 Å². The third-order valence-corrected chi connectivity index (χ3v) is 3.31. The second kappa shape index (κ2) is 6.20. The Bertz CT molecular complexity index is 642. The lowest BCUT2D eigenvalue weighted by atomic mass is 10.1. The summed E-state index contributed by atoms with van der Waals surface area (Å²) in [6.07, 6.45) is 1.89. The van der Waals surface area contributed by atoms with Gasteiger partial charge >= 0.3 is 0 Å². The summed E-state index contributed by atoms with van der Waals surface area (Å²) in [5.41, 5.74) is 4.95. The molecule has 2 heteroatoms. The SMILES string of the molecule is C/C(=C\c1ccccc1)C(=O)Nc1ccc(C)c(C)c1. The van der Waals surface area contributed by atoms with Crippen LogP contribution >= 0.6 is 0 Å². The zero-order chi connectivity index (χ0) is 14.5. The van der Waals surface area contributed by atoms with E-state index in [1.165, 1.54) is 11.1 Å². The van der Waals surface area contributed by atoms with Crippen molar-refractivity contribution in [2.24, 2.45) is 0 Å². The number of rotatable bonds is 3. The maximum absolute atomic E-state index is 12.1. The van der Waals surface area contributed by atoms with Crippen LogP contribution in [0.5, 0.6) is 0 Å². The van der Waals surface area contributed by atoms with E-state index in [2.05, 4.69) is 12.2 Å². The fourth-order valence-corrected chi connectivity index (χ4v) is 1.91. The largest absolute Gasteiger partial charge is 0.322 e. The van der Waals surface area contributed by atoms with Gasteiger partial charge in [-0.25, -0.2) is 0 Å². The molecule has 0 aliphatic rings. The van der Waals surface area contributed by atoms with Gasteiger partial charge in [-0.1, -0.05) is 36.4 Å². The minimum Gasteiger partial charge on any atom is -0.322 e. The van der Waals surface area contributed by atoms with Gasteiger partial charge in [0.2, 0.25) is 0 Å². The minimum atomic E-state index is -0.0721. The van der Waals surface area contributed by atoms with Crippen LogP contribution in [0.1, 0.15) is 23.6 Å². The average molecular weight is 265 g/mol. The number of hydrogen-bond donors (Lipinski definition) is 1. The quantitative estimate of drug-likeness (QED) is 0.821. The van der Waals surface area contributed by atoms with Gasteiger partial charge in [0.1, 0.15) is 0 Å². The molecule has 0 aliphatic heterocycles. The first-order valence-electron chi connectivity index (χ1n) is 6.68. The lowest BCUT2D eigenvalue weighted by molar-refractivity contribution is -0.112. The zero-order valence-electron chi connectivity index (χ0n) is 12.1. The van der Waals surface area contributed by atoms with Crippen molar-refractivity contribution in [3.63, 3.8) is 0 Å². The molecule has 0 aliphatic carbocycles. The average Bonchev–Trinajstić information content (AvgIpc) is 2.44. The monoisotopic (exact) mass is 265 g/mol. The first-order chi connectivity index (χ1) is 9.56. The van der Waals surface area contributed by atoms with Crippen LogP contribution < -0.4 is 5.32 Å². The van der Waals surface area contributed by atoms with Crippen molar-refractivity contribution < 1.29 is 4.79 Å². The predicted octanol–water partition coefficient (Wildman–Crippen LogP) is 4.35. The van der Waals surface area contributed by atoms with E-state index in [9.17, 15) is 4.79 Å². The summed E-state index contributed by atoms with van der Waals surface area (Å²) in [6, 6.07) is 15.8. The molecule has 20 heavy (non-hydrogen) atoms. The van der Waals surface area contributed by atoms with Gasteiger partial charge in [-0.3, -0.25) is 4.79 Å². The van der Waals surface area contributed by atoms with Crippen molar-refractivity contribution in [1.29, 1.82) is 0 Å². The summed E-state index contributed by atoms with van der Waals surface area (Å²) in [4.78, 5) is 12.1. The van der Waals surface area contributed by atoms with E-state index in [0.717, 1.165) is 11.3 Å². The smallest absolute Gasteiger partial charge is 0.251 e. The zero-order valence-corrected chi connectivity index (χ0v) is 12.1. The Morgan fingerprint density at radius 1 is 1.00 bits per heavy atom. The Balaban J connectivity index is 2.11. The summed E-state index contributed by atoms with van der Waals surface area (Å²) < 4.78 is 0. The highest BCUT2D eigenvalue weighted by Gasteiger charge is 2.05. The lowest BCUT2D eigenvalue weighted by Gasteiger charge is -2.08. The predicted molar refractivity (Wildman–Crippen MR) is 84.6 cm³/mol. The number of amides is 1. The number of nitrogens with one attached hydrogen (secondary N) is 1. The summed E-state index contributed by atoms with van der Waals surface area (Å²) in [5, 5.41) is 2.92. The summed E-state index contributed by atoms with van der Waals surface area (Å²) in [6.45, 7) is 5.92. The van der Waals surface area contributed by atoms with Crippen molar-refractivity contribution in [2.75, 3.05) is 5.32 Å². The van der Waals surface area contributed by atoms with E-state index in [1.54, 1.807) is 0 Å². The second-order valence-electron chi connectivity index (χ2n) is 4.99. The molecule has 2 rings (SSSR count). The van der Waals surface area contributed by atoms with E-state index < -0.39 is 0 Å². The molecule has 0 unspecified atom stereocenters. The van der Waals surface area contributed by atoms with Crippen LogP contribution in [0.3, 0.4) is 0 Å². The standard InChI is InChI=1S/C18H19NO/c1-13-9-10-17(12-14(13)2)19-18(20)15(3)11-16-7-5-4-6-8-16/h4-12H,1-3H3,(H,19,20)/b15-11+. The Morgan fingerprint density at radius 2 is 1.70 bits per heavy atom. The maximum Gasteiger partial charge on any atom is 0.251 e. The van der Waals surface area contributed by atoms with Crippen molar-refractivity contribution >= 4 is 17.7 Å². The Morgan fingerprint density at radius 3 is 2.35 bits per heavy atom. The summed E-state index contributed by atoms with van der Waals surface area (Å²) in [5.74, 6) is -0.0721. The molecular weight excluding hydrogens is 246 g/mol. The molecule has 0 saturated heterocycles. The molecule has 0 radical (unpaired) electrons. The van der Waals surface area contributed by atoms with Crippen molar-refractivity contribution in [3.8, 4) is 0 Å². The fraction of sp³-hybridized carbons (Fsp3) is 0.167. The van der Waals surface area contributed by atoms with Gasteiger partial charge in [-0.2, -0.15) is 0 Å². The molecule has 102 valence electrons. The number of benzene rings is 2. The number of aryl methyl sites for hydroxylation is 2. The first kappa shape index (κ1) is 14.1. The molecule has 0 bridgehead atoms. The van der Waals surface area contributed by atoms with Gasteiger partial charge < -0.3 is 5.32 Å². The van der Waals surface area contributed by atoms with Crippen LogP contribution in [-0.2, 0) is 4.79 Å². The Hall–Kier alpha value is -2.35. The molecule has 0 aromatic heterocycles. The molecule has 1 amide bonds. The highest BCUT2D eigenvalue weighted by Crippen LogP contribution is 2.15. The Kier molecular flexibility index (Phi) is 4.36. The molecule has 0 spiro atoms. The molecule has 0 heterocycles. The fourth-order valence-electron chi connectivity index (χ4n) is 1.91. The highest BCUT2D eigenvalue weighted by atomic mass is 16.1. The van der Waals surface area contributed by atoms with Crippen molar-refractivity contribution in [3.05, 3.63) is 70.8 Å². The summed E-state index contributed by atoms with van der Waals surface area (Å²) >= 11 is 0. The molecule has 0 fully saturated rings. The Labute approximate surface area is 120 Å². The molecule has 0 saturated carbocycles. The third kappa shape index (κ3) is 3.58. The van der Waals surface area contributed by atoms with E-state index in [-0.39, 0.29) is 5.91 Å². The van der Waals surface area contributed by atoms with Crippen LogP contribution in [0.15, 0.2) is 54.1 Å². The van der Waals surface area contributed by atoms with E-state index in [1.807, 2.05) is 68.5 Å². The number of carbonyl (C=O) groups excluding carboxylic acids is 1. The van der Waals surface area contributed by atoms with Crippen LogP contribution in [-0.4, -0.2) is 5.91 Å². The van der Waals surface area contributed by atoms with Crippen LogP contribution in [0.25, 0.3) is 6.08 Å². The van der Waals surface area contributed by atoms with Gasteiger partial charge in [0.05, 0.1) is 0 Å². The van der Waals surface area contributed by atoms with Gasteiger partial charge in [0, 0.05) is 11.3 Å². The van der Waals surface area contributed by atoms with Crippen LogP contribution in [0, 0.1) is 13.8 Å². The van der Waals surface area contributed by atoms with Gasteiger partial charge in [-0.15, -0.1) is 0 Å². The lowest BCUT2D eigenvalue weighted by Crippen LogP contribution is -2.12. The summed E-state index contributed by atoms with van der Waals surface area (Å²) in [7, 11) is 0. The maximum atomic E-state index is 12.1. The number of carbonyl (C=O) groups is 1. The normalized spacial score (nSPS) is 11.2. The number of anilines is 1. The van der Waals surface area contributed by atoms with Crippen LogP contribution in [0.4, 0.5) is 5.69 Å². The highest BCUT2D eigenvalue weighted by molar-refractivity contribution is 6.06. The van der Waals surface area contributed by atoms with Gasteiger partial charge in [-0.05, 0) is 55.7 Å². The van der Waals surface area contributed by atoms with Gasteiger partial charge in [0.15, 0.2) is 0 Å². The molecule has 2 nitrogen and oxygen atoms in total. The first-order valence-corrected chi connectivity index (χ1v) is 6.68. The molecule has 2 aromatic rings. The molecule has 0 atom stereocenters. The van der Waals surface area contributed by atoms with E-state index >= 15 is 0 Å². The van der Waals surface area contributed by atoms with Crippen molar-refractivity contribution in [1.82, 2.24) is 0 Å². The molecular formula is C18H19NO. The van der Waals surface area contributed by atoms with Crippen molar-refractivity contribution in [2.45, 2.75) is 20.8 Å². The van der Waals surface area contributed by atoms with E-state index in [4.69, 9.17) is 0 Å². The van der Waals surface area contributed by atoms with E-state index in [0.29, 0.717) is 5.57 Å². The second-order valence-corrected chi connectivity index (χ2v) is 4.99. The van der Waals surface area contributed by atoms with Crippen LogP contribution in [0.2, 0.25) is 0 Å². The number of hydrogen-bond acceptors (Lipinski definition) is 1. The van der Waals surface area contributed by atoms with Gasteiger partial charge in [0.25, 0.3) is 5.91 Å². The third-order valence-electron chi connectivity index (χ3n) is 3.31. The molecule has 1 N–H and O–H groups in total. The minimum absolute atomic E-state index is 0.0721. The molecule has 2 aromatic carbocycles.